The Labute approximate surface area is 256 Å². The van der Waals surface area contributed by atoms with Gasteiger partial charge in [-0.3, -0.25) is 0 Å². The molecule has 0 amide bonds. The molecule has 0 bridgehead atoms. The second-order valence-electron chi connectivity index (χ2n) is 11.2. The van der Waals surface area contributed by atoms with E-state index in [0.29, 0.717) is 11.4 Å². The van der Waals surface area contributed by atoms with Gasteiger partial charge in [-0.25, -0.2) is 15.3 Å². The van der Waals surface area contributed by atoms with Gasteiger partial charge in [0.1, 0.15) is 17.4 Å². The fourth-order valence-electron chi connectivity index (χ4n) is 5.72. The number of hydrogen-bond donors (Lipinski definition) is 3. The molecule has 1 heterocycles. The largest absolute Gasteiger partial charge is 0.486 e. The van der Waals surface area contributed by atoms with Crippen molar-refractivity contribution in [3.8, 4) is 33.7 Å². The number of aromatic nitrogens is 2. The summed E-state index contributed by atoms with van der Waals surface area (Å²) in [5.74, 6) is 5.42. The second-order valence-corrected chi connectivity index (χ2v) is 11.2. The lowest BCUT2D eigenvalue weighted by Crippen LogP contribution is -2.21. The highest BCUT2D eigenvalue weighted by molar-refractivity contribution is 5.89. The molecule has 3 atom stereocenters. The molecule has 44 heavy (non-hydrogen) atoms. The third-order valence-electron chi connectivity index (χ3n) is 7.99. The molecule has 8 nitrogen and oxygen atoms in total. The third-order valence-corrected chi connectivity index (χ3v) is 7.99. The van der Waals surface area contributed by atoms with Crippen molar-refractivity contribution in [2.24, 2.45) is 17.5 Å². The van der Waals surface area contributed by atoms with Crippen molar-refractivity contribution in [2.75, 3.05) is 7.05 Å². The molecule has 1 fully saturated rings. The third kappa shape index (κ3) is 6.07. The summed E-state index contributed by atoms with van der Waals surface area (Å²) >= 11 is 0. The van der Waals surface area contributed by atoms with Crippen LogP contribution in [0, 0.1) is 5.92 Å². The number of carboxylic acid groups (broad SMARTS) is 1. The summed E-state index contributed by atoms with van der Waals surface area (Å²) in [6.07, 6.45) is 3.65. The smallest absolute Gasteiger partial charge is 0.339 e. The molecule has 1 aliphatic rings. The number of carboxylic acids is 1. The topological polar surface area (TPSA) is 120 Å². The van der Waals surface area contributed by atoms with E-state index in [1.165, 1.54) is 16.8 Å². The first-order valence-corrected chi connectivity index (χ1v) is 14.6. The van der Waals surface area contributed by atoms with Crippen molar-refractivity contribution >= 4 is 5.97 Å². The highest BCUT2D eigenvalue weighted by Gasteiger charge is 2.45. The Hall–Kier alpha value is -5.34. The molecule has 5 aromatic rings. The number of hydrogen-bond acceptors (Lipinski definition) is 6. The first-order valence-electron chi connectivity index (χ1n) is 14.6. The minimum Gasteiger partial charge on any atom is -0.486 e. The molecule has 5 N–H and O–H groups in total. The van der Waals surface area contributed by atoms with E-state index in [9.17, 15) is 9.90 Å². The Morgan fingerprint density at radius 2 is 1.61 bits per heavy atom. The molecule has 2 unspecified atom stereocenters. The van der Waals surface area contributed by atoms with Crippen molar-refractivity contribution in [1.82, 2.24) is 14.8 Å². The van der Waals surface area contributed by atoms with Crippen molar-refractivity contribution in [3.05, 3.63) is 138 Å². The van der Waals surface area contributed by atoms with Crippen molar-refractivity contribution in [1.29, 1.82) is 0 Å². The Bertz CT molecular complexity index is 1830. The zero-order valence-electron chi connectivity index (χ0n) is 24.7. The van der Waals surface area contributed by atoms with Crippen LogP contribution in [0.2, 0.25) is 0 Å². The fraction of sp³-hybridized carbons (Fsp3) is 0.167. The van der Waals surface area contributed by atoms with Gasteiger partial charge in [0.2, 0.25) is 0 Å². The van der Waals surface area contributed by atoms with Crippen LogP contribution in [0.15, 0.2) is 121 Å². The maximum atomic E-state index is 12.1. The fourth-order valence-corrected chi connectivity index (χ4v) is 5.72. The number of rotatable bonds is 10. The van der Waals surface area contributed by atoms with Crippen LogP contribution < -0.4 is 16.3 Å². The predicted octanol–water partition coefficient (Wildman–Crippen LogP) is 6.75. The lowest BCUT2D eigenvalue weighted by molar-refractivity contribution is 0.0695. The zero-order valence-corrected chi connectivity index (χ0v) is 24.7. The number of aromatic carboxylic acids is 1. The number of allylic oxidation sites excluding steroid dienone is 1. The Morgan fingerprint density at radius 1 is 0.955 bits per heavy atom. The van der Waals surface area contributed by atoms with E-state index in [4.69, 9.17) is 16.3 Å². The van der Waals surface area contributed by atoms with Gasteiger partial charge in [0.15, 0.2) is 0 Å². The molecule has 1 aromatic heterocycles. The normalized spacial score (nSPS) is 16.8. The number of nitrogens with zero attached hydrogens (tertiary/aromatic N) is 3. The lowest BCUT2D eigenvalue weighted by Gasteiger charge is -2.17. The second kappa shape index (κ2) is 12.1. The first-order chi connectivity index (χ1) is 21.3. The van der Waals surface area contributed by atoms with Gasteiger partial charge in [-0.1, -0.05) is 72.8 Å². The molecule has 0 spiro atoms. The highest BCUT2D eigenvalue weighted by Crippen LogP contribution is 2.52. The van der Waals surface area contributed by atoms with Crippen LogP contribution in [0.25, 0.3) is 27.9 Å². The maximum absolute atomic E-state index is 12.1. The number of hydrazine groups is 1. The number of carbonyl (C=O) groups is 1. The van der Waals surface area contributed by atoms with E-state index in [1.54, 1.807) is 17.9 Å². The standard InChI is InChI=1S/C36H35N5O3/c1-23(25-11-6-12-26(17-25)24-9-4-3-5-10-24)44-30-16-8-14-28(19-30)27-13-7-15-29(18-27)41-35(33(21-39-41)36(42)43)32-20-31(32)34(37)22-40(2)38/h3-19,21-23,31-32H,20,37-38H2,1-2H3,(H,42,43)/b34-22-/t23?,31-,32?/m0/s1. The molecule has 1 saturated carbocycles. The number of benzene rings is 4. The molecule has 0 saturated heterocycles. The first kappa shape index (κ1) is 28.8. The van der Waals surface area contributed by atoms with Crippen LogP contribution in [0.4, 0.5) is 0 Å². The van der Waals surface area contributed by atoms with Crippen LogP contribution in [0.1, 0.15) is 47.0 Å². The quantitative estimate of drug-likeness (QED) is 0.122. The van der Waals surface area contributed by atoms with Gasteiger partial charge in [0.25, 0.3) is 0 Å². The summed E-state index contributed by atoms with van der Waals surface area (Å²) < 4.78 is 8.13. The van der Waals surface area contributed by atoms with E-state index >= 15 is 0 Å². The molecule has 8 heteroatoms. The van der Waals surface area contributed by atoms with Gasteiger partial charge in [-0.05, 0) is 71.5 Å². The van der Waals surface area contributed by atoms with Crippen molar-refractivity contribution in [2.45, 2.75) is 25.4 Å². The molecule has 0 aliphatic heterocycles. The minimum absolute atomic E-state index is 0.00180. The summed E-state index contributed by atoms with van der Waals surface area (Å²) in [6, 6.07) is 34.6. The van der Waals surface area contributed by atoms with E-state index < -0.39 is 5.97 Å². The molecular formula is C36H35N5O3. The van der Waals surface area contributed by atoms with Crippen LogP contribution in [0.5, 0.6) is 5.75 Å². The molecule has 1 aliphatic carbocycles. The van der Waals surface area contributed by atoms with Crippen LogP contribution in [-0.4, -0.2) is 32.9 Å². The maximum Gasteiger partial charge on any atom is 0.339 e. The van der Waals surface area contributed by atoms with Gasteiger partial charge < -0.3 is 20.6 Å². The van der Waals surface area contributed by atoms with E-state index in [2.05, 4.69) is 48.4 Å². The Balaban J connectivity index is 1.25. The van der Waals surface area contributed by atoms with Crippen LogP contribution in [0.3, 0.4) is 0 Å². The van der Waals surface area contributed by atoms with Crippen molar-refractivity contribution in [3.63, 3.8) is 0 Å². The van der Waals surface area contributed by atoms with Gasteiger partial charge in [0.05, 0.1) is 17.6 Å². The summed E-state index contributed by atoms with van der Waals surface area (Å²) in [6.45, 7) is 2.05. The average molecular weight is 586 g/mol. The minimum atomic E-state index is -1.01. The van der Waals surface area contributed by atoms with Crippen LogP contribution >= 0.6 is 0 Å². The average Bonchev–Trinajstić information content (AvgIpc) is 3.70. The lowest BCUT2D eigenvalue weighted by atomic mass is 10.0. The summed E-state index contributed by atoms with van der Waals surface area (Å²) in [7, 11) is 1.70. The van der Waals surface area contributed by atoms with Gasteiger partial charge in [-0.2, -0.15) is 5.10 Å². The van der Waals surface area contributed by atoms with E-state index in [0.717, 1.165) is 40.1 Å². The SMILES string of the molecule is CC(Oc1cccc(-c2cccc(-n3ncc(C(=O)O)c3C3C[C@@H]3/C(N)=C/N(C)N)c2)c1)c1cccc(-c2ccccc2)c1. The molecular weight excluding hydrogens is 550 g/mol. The summed E-state index contributed by atoms with van der Waals surface area (Å²) in [4.78, 5) is 12.1. The molecule has 6 rings (SSSR count). The molecule has 222 valence electrons. The Kier molecular flexibility index (Phi) is 7.91. The highest BCUT2D eigenvalue weighted by atomic mass is 16.5. The molecule has 4 aromatic carbocycles. The van der Waals surface area contributed by atoms with Crippen molar-refractivity contribution < 1.29 is 14.6 Å². The predicted molar refractivity (Wildman–Crippen MR) is 172 cm³/mol. The number of ether oxygens (including phenoxy) is 1. The van der Waals surface area contributed by atoms with Gasteiger partial charge >= 0.3 is 5.97 Å². The molecule has 0 radical (unpaired) electrons. The Morgan fingerprint density at radius 3 is 2.34 bits per heavy atom. The monoisotopic (exact) mass is 585 g/mol. The van der Waals surface area contributed by atoms with E-state index in [-0.39, 0.29) is 23.5 Å². The van der Waals surface area contributed by atoms with Gasteiger partial charge in [0, 0.05) is 30.8 Å². The number of nitrogens with two attached hydrogens (primary N) is 2. The van der Waals surface area contributed by atoms with Crippen LogP contribution in [-0.2, 0) is 0 Å². The van der Waals surface area contributed by atoms with E-state index in [1.807, 2.05) is 66.7 Å². The zero-order chi connectivity index (χ0) is 30.8. The summed E-state index contributed by atoms with van der Waals surface area (Å²) in [5.41, 5.74) is 13.8. The summed E-state index contributed by atoms with van der Waals surface area (Å²) in [5, 5.41) is 15.8. The van der Waals surface area contributed by atoms with Gasteiger partial charge in [-0.15, -0.1) is 0 Å².